The Morgan fingerprint density at radius 3 is 1.15 bits per heavy atom. The minimum absolute atomic E-state index is 0.0175. The Balaban J connectivity index is 0.000000148. The lowest BCUT2D eigenvalue weighted by molar-refractivity contribution is -0.208. The van der Waals surface area contributed by atoms with Crippen molar-refractivity contribution in [1.82, 2.24) is 38.9 Å². The van der Waals surface area contributed by atoms with E-state index in [4.69, 9.17) is 155 Å². The van der Waals surface area contributed by atoms with Gasteiger partial charge in [-0.2, -0.15) is 0 Å². The number of aromatic nitrogens is 6. The SMILES string of the molecule is O=c1[nH]c(=S)n([C@@H]2O[C@](F)(COP3(=O)OCc4cc(F)ccc4O3)[C@@H](O)[C@H]2O)cc1Cl.[2H]C([2H])(OP1(=O)OCc2cc(F)ccc2O1)[C@@]1(F)O[C@@H](n2cc(Cl)c(=O)[nH]c2=S)[C@H](O)[C@@H]1O.[2H]C([2H])(OP1(=O)OCc2cc(F)ccc2O1)[C@@]1(F)O[C@@]([2H])(N2C=C(Cl)C(=O)NC2=C)[C@H](O)[C@@H]1O.[2H][C@@]1(n2cc(Cl)c(=O)[nH]c2=S)O[C@](F)(COP2(=O)OCc3cc(F)ccc3O2)[C@@H](O)[C@H]1O. The highest BCUT2D eigenvalue weighted by atomic mass is 35.5. The van der Waals surface area contributed by atoms with E-state index in [9.17, 15) is 95.9 Å². The molecule has 4 aromatic carbocycles. The van der Waals surface area contributed by atoms with Gasteiger partial charge in [0, 0.05) is 47.0 Å². The number of nitrogens with one attached hydrogen (secondary N) is 4. The highest BCUT2D eigenvalue weighted by Crippen LogP contribution is 2.60. The Bertz CT molecular complexity index is 6370. The number of benzene rings is 4. The molecule has 9 aliphatic heterocycles. The van der Waals surface area contributed by atoms with Gasteiger partial charge in [0.05, 0.1) is 34.7 Å². The minimum atomic E-state index is -4.92. The number of nitrogens with zero attached hydrogens (tertiary/aromatic N) is 4. The number of alkyl halides is 4. The van der Waals surface area contributed by atoms with Crippen LogP contribution in [-0.4, -0.2) is 185 Å². The van der Waals surface area contributed by atoms with Crippen LogP contribution in [0.25, 0.3) is 0 Å². The summed E-state index contributed by atoms with van der Waals surface area (Å²) in [6.07, 6.45) is -24.5. The van der Waals surface area contributed by atoms with Crippen molar-refractivity contribution in [2.24, 2.45) is 0 Å². The Hall–Kier alpha value is -7.15. The van der Waals surface area contributed by atoms with Crippen molar-refractivity contribution in [2.45, 2.75) is 124 Å². The Morgan fingerprint density at radius 1 is 0.468 bits per heavy atom. The number of H-pyrrole nitrogens is 3. The van der Waals surface area contributed by atoms with E-state index < -0.39 is 239 Å². The standard InChI is InChI=1S/C17H16ClF2N2O8P.3C16H14ClF2N2O8PS/c1-8-21-15(25)11(18)5-22(8)16-13(23)14(24)17(20,29-16)7-28-31(26)27-6-9-4-10(19)2-3-12(9)30-31;3*17-9-4-21(15(31)20-13(9)24)14-11(22)12(23)16(19,28-14)6-27-30(25)26-5-7-3-8(18)1-2-10(7)29-30/h2-5,13-14,16,23-24H,1,6-7H2,(H,21,25);3*1-4,11-12,14,22-23H,5-6H2,(H,20,24,31)/t13-,14+,16-,17-,31?;3*11-,12+,14-,16-,30?/m1111/s1/i7D2,16D;14D;6D2;. The quantitative estimate of drug-likeness (QED) is 0.0244. The zero-order chi connectivity index (χ0) is 95.6. The number of halogens is 12. The summed E-state index contributed by atoms with van der Waals surface area (Å²) in [5, 5.41) is 82.6. The summed E-state index contributed by atoms with van der Waals surface area (Å²) >= 11 is 37.6. The second-order valence-corrected chi connectivity index (χ2v) is 35.3. The summed E-state index contributed by atoms with van der Waals surface area (Å²) in [6, 6.07) is 12.8. The van der Waals surface area contributed by atoms with Crippen LogP contribution in [0.1, 0.15) is 49.1 Å². The van der Waals surface area contributed by atoms with Gasteiger partial charge in [0.2, 0.25) is 0 Å². The molecule has 16 rings (SSSR count). The third-order valence-corrected chi connectivity index (χ3v) is 24.8. The number of carbonyl (C=O) groups excluding carboxylic acids is 1. The van der Waals surface area contributed by atoms with Crippen molar-refractivity contribution in [3.8, 4) is 23.0 Å². The number of amides is 1. The molecule has 4 saturated heterocycles. The molecular weight excluding hydrogens is 1920 g/mol. The highest BCUT2D eigenvalue weighted by molar-refractivity contribution is 7.71. The maximum Gasteiger partial charge on any atom is 0.530 e. The number of fused-ring (bicyclic) bond motifs is 4. The topological polar surface area (TPSA) is 524 Å². The Labute approximate surface area is 729 Å². The fourth-order valence-electron chi connectivity index (χ4n) is 11.5. The zero-order valence-corrected chi connectivity index (χ0v) is 69.7. The molecule has 7 aromatic rings. The average molecular weight is 1980 g/mol. The predicted octanol–water partition coefficient (Wildman–Crippen LogP) is 8.63. The van der Waals surface area contributed by atoms with E-state index in [0.717, 1.165) is 94.6 Å². The summed E-state index contributed by atoms with van der Waals surface area (Å²) in [7, 11) is -18.5. The molecular formula is C65H58Cl4F8N8O32P4S3. The number of ether oxygens (including phenoxy) is 4. The van der Waals surface area contributed by atoms with E-state index in [1.165, 1.54) is 12.1 Å². The fraction of sp³-hybridized carbons (Fsp3) is 0.369. The van der Waals surface area contributed by atoms with Crippen molar-refractivity contribution in [3.05, 3.63) is 221 Å². The van der Waals surface area contributed by atoms with Gasteiger partial charge in [-0.3, -0.25) is 84.0 Å². The number of aromatic amines is 3. The molecule has 1 amide bonds. The first-order valence-electron chi connectivity index (χ1n) is 37.0. The van der Waals surface area contributed by atoms with Crippen molar-refractivity contribution in [3.63, 3.8) is 0 Å². The number of aliphatic hydroxyl groups is 8. The molecule has 59 heteroatoms. The first-order chi connectivity index (χ1) is 60.3. The minimum Gasteiger partial charge on any atom is -0.404 e. The van der Waals surface area contributed by atoms with Gasteiger partial charge in [0.15, 0.2) is 39.2 Å². The maximum atomic E-state index is 15.8. The lowest BCUT2D eigenvalue weighted by atomic mass is 10.1. The van der Waals surface area contributed by atoms with Gasteiger partial charge in [0.25, 0.3) is 46.0 Å². The molecule has 12 heterocycles. The molecule has 20 atom stereocenters. The maximum absolute atomic E-state index is 15.8. The molecule has 9 aliphatic rings. The van der Waals surface area contributed by atoms with Gasteiger partial charge in [0.1, 0.15) is 147 Å². The number of carbonyl (C=O) groups is 1. The number of phosphoric ester groups is 4. The van der Waals surface area contributed by atoms with Gasteiger partial charge in [-0.1, -0.05) is 53.0 Å². The fourth-order valence-corrected chi connectivity index (χ4v) is 17.5. The van der Waals surface area contributed by atoms with E-state index in [0.29, 0.717) is 9.47 Å². The third kappa shape index (κ3) is 20.0. The molecule has 3 aromatic heterocycles. The summed E-state index contributed by atoms with van der Waals surface area (Å²) in [5.41, 5.74) is -1.56. The number of aliphatic hydroxyl groups excluding tert-OH is 8. The molecule has 4 fully saturated rings. The first kappa shape index (κ1) is 86.2. The summed E-state index contributed by atoms with van der Waals surface area (Å²) in [5.74, 6) is -18.3. The van der Waals surface area contributed by atoms with Crippen LogP contribution >= 0.6 is 114 Å². The van der Waals surface area contributed by atoms with Gasteiger partial charge < -0.3 is 88.1 Å². The van der Waals surface area contributed by atoms with Gasteiger partial charge in [-0.15, -0.1) is 0 Å². The third-order valence-electron chi connectivity index (χ3n) is 17.8. The first-order valence-corrected chi connectivity index (χ1v) is 42.6. The molecule has 672 valence electrons. The van der Waals surface area contributed by atoms with Gasteiger partial charge in [-0.05, 0) is 109 Å². The second kappa shape index (κ2) is 36.4. The number of phosphoric acid groups is 4. The number of hydrogen-bond acceptors (Lipinski definition) is 36. The predicted molar refractivity (Wildman–Crippen MR) is 406 cm³/mol. The Kier molecular flexibility index (Phi) is 25.3. The van der Waals surface area contributed by atoms with Crippen LogP contribution in [0, 0.1) is 37.6 Å². The molecule has 0 bridgehead atoms. The number of rotatable bonds is 16. The summed E-state index contributed by atoms with van der Waals surface area (Å²) in [6.45, 7) is -8.42. The zero-order valence-electron chi connectivity index (χ0n) is 66.7. The average Bonchev–Trinajstić information content (AvgIpc) is 1.55. The molecule has 124 heavy (non-hydrogen) atoms. The number of hydrogen-bond donors (Lipinski definition) is 12. The molecule has 0 spiro atoms. The summed E-state index contributed by atoms with van der Waals surface area (Å²) < 4.78 is 295. The van der Waals surface area contributed by atoms with Crippen LogP contribution in [0.3, 0.4) is 0 Å². The van der Waals surface area contributed by atoms with Crippen LogP contribution in [-0.2, 0) is 105 Å². The normalized spacial score (nSPS) is 35.3. The van der Waals surface area contributed by atoms with Gasteiger partial charge >= 0.3 is 31.3 Å². The second-order valence-electron chi connectivity index (χ2n) is 26.2. The molecule has 40 nitrogen and oxygen atoms in total. The van der Waals surface area contributed by atoms with E-state index >= 15 is 17.6 Å². The van der Waals surface area contributed by atoms with E-state index in [2.05, 4.69) is 35.9 Å². The van der Waals surface area contributed by atoms with E-state index in [-0.39, 0.29) is 73.0 Å². The van der Waals surface area contributed by atoms with Crippen LogP contribution in [0.15, 0.2) is 129 Å². The van der Waals surface area contributed by atoms with Crippen LogP contribution in [0.4, 0.5) is 35.1 Å². The van der Waals surface area contributed by atoms with Crippen LogP contribution in [0.2, 0.25) is 15.1 Å². The van der Waals surface area contributed by atoms with Crippen molar-refractivity contribution in [2.75, 3.05) is 26.3 Å². The molecule has 0 saturated carbocycles. The van der Waals surface area contributed by atoms with Crippen LogP contribution in [0.5, 0.6) is 23.0 Å². The molecule has 0 aliphatic carbocycles. The molecule has 12 N–H and O–H groups in total. The molecule has 4 unspecified atom stereocenters. The van der Waals surface area contributed by atoms with Crippen molar-refractivity contribution < 1.29 is 180 Å². The van der Waals surface area contributed by atoms with E-state index in [1.54, 1.807) is 0 Å². The lowest BCUT2D eigenvalue weighted by Gasteiger charge is -2.33. The van der Waals surface area contributed by atoms with Crippen molar-refractivity contribution >= 4 is 120 Å². The highest BCUT2D eigenvalue weighted by Gasteiger charge is 2.62. The van der Waals surface area contributed by atoms with E-state index in [1.807, 2.05) is 0 Å². The largest absolute Gasteiger partial charge is 0.530 e. The van der Waals surface area contributed by atoms with Crippen LogP contribution < -0.4 is 40.1 Å². The Morgan fingerprint density at radius 2 is 0.766 bits per heavy atom. The summed E-state index contributed by atoms with van der Waals surface area (Å²) in [4.78, 5) is 53.2. The van der Waals surface area contributed by atoms with Crippen molar-refractivity contribution in [1.29, 1.82) is 0 Å². The van der Waals surface area contributed by atoms with Gasteiger partial charge in [-0.25, -0.2) is 53.4 Å². The molecule has 0 radical (unpaired) electrons. The smallest absolute Gasteiger partial charge is 0.404 e. The lowest BCUT2D eigenvalue weighted by Crippen LogP contribution is -2.47. The monoisotopic (exact) mass is 1980 g/mol.